The predicted molar refractivity (Wildman–Crippen MR) is 107 cm³/mol. The maximum atomic E-state index is 13.1. The molecule has 1 aromatic heterocycles. The summed E-state index contributed by atoms with van der Waals surface area (Å²) in [5, 5.41) is 0. The minimum atomic E-state index is -0.0760. The number of benzene rings is 1. The molecule has 0 radical (unpaired) electrons. The molecule has 2 fully saturated rings. The fourth-order valence-electron chi connectivity index (χ4n) is 4.37. The first-order chi connectivity index (χ1) is 13.6. The molecule has 6 heteroatoms. The first-order valence-corrected chi connectivity index (χ1v) is 10.2. The molecular weight excluding hydrogens is 352 g/mol. The van der Waals surface area contributed by atoms with Crippen LogP contribution in [0, 0.1) is 12.8 Å². The second-order valence-corrected chi connectivity index (χ2v) is 8.02. The van der Waals surface area contributed by atoms with Gasteiger partial charge in [-0.3, -0.25) is 9.59 Å². The molecule has 6 nitrogen and oxygen atoms in total. The van der Waals surface area contributed by atoms with Gasteiger partial charge >= 0.3 is 0 Å². The standard InChI is InChI=1S/C22H28N4O2/c1-17-4-6-18(7-5-17)21(27)25-11-2-3-19(15-25)22(28)24-12-8-20(9-13-24)26-14-10-23-16-26/h4-7,10,14,16,19-20H,2-3,8-9,11-13,15H2,1H3. The van der Waals surface area contributed by atoms with E-state index in [1.165, 1.54) is 0 Å². The summed E-state index contributed by atoms with van der Waals surface area (Å²) in [7, 11) is 0. The maximum absolute atomic E-state index is 13.1. The summed E-state index contributed by atoms with van der Waals surface area (Å²) in [4.78, 5) is 33.9. The van der Waals surface area contributed by atoms with Crippen molar-refractivity contribution in [3.05, 3.63) is 54.1 Å². The summed E-state index contributed by atoms with van der Waals surface area (Å²) in [5.41, 5.74) is 1.85. The van der Waals surface area contributed by atoms with Crippen LogP contribution in [0.15, 0.2) is 43.0 Å². The minimum Gasteiger partial charge on any atom is -0.342 e. The Morgan fingerprint density at radius 2 is 1.75 bits per heavy atom. The van der Waals surface area contributed by atoms with Crippen LogP contribution in [0.25, 0.3) is 0 Å². The third kappa shape index (κ3) is 3.96. The fraction of sp³-hybridized carbons (Fsp3) is 0.500. The molecule has 1 unspecified atom stereocenters. The SMILES string of the molecule is Cc1ccc(C(=O)N2CCCC(C(=O)N3CCC(n4ccnc4)CC3)C2)cc1. The molecule has 3 heterocycles. The predicted octanol–water partition coefficient (Wildman–Crippen LogP) is 2.91. The molecule has 0 saturated carbocycles. The highest BCUT2D eigenvalue weighted by Gasteiger charge is 2.33. The van der Waals surface area contributed by atoms with Crippen LogP contribution in [0.5, 0.6) is 0 Å². The van der Waals surface area contributed by atoms with E-state index in [1.54, 1.807) is 6.20 Å². The average Bonchev–Trinajstić information content (AvgIpc) is 3.28. The van der Waals surface area contributed by atoms with Crippen LogP contribution in [-0.2, 0) is 4.79 Å². The first-order valence-electron chi connectivity index (χ1n) is 10.2. The second-order valence-electron chi connectivity index (χ2n) is 8.02. The van der Waals surface area contributed by atoms with Gasteiger partial charge in [-0.2, -0.15) is 0 Å². The molecule has 2 saturated heterocycles. The zero-order valence-electron chi connectivity index (χ0n) is 16.5. The Balaban J connectivity index is 1.34. The summed E-state index contributed by atoms with van der Waals surface area (Å²) in [6.07, 6.45) is 9.34. The number of nitrogens with zero attached hydrogens (tertiary/aromatic N) is 4. The van der Waals surface area contributed by atoms with Gasteiger partial charge in [0.05, 0.1) is 12.2 Å². The number of aryl methyl sites for hydroxylation is 1. The lowest BCUT2D eigenvalue weighted by atomic mass is 9.94. The molecule has 148 valence electrons. The van der Waals surface area contributed by atoms with Crippen LogP contribution in [0.2, 0.25) is 0 Å². The van der Waals surface area contributed by atoms with E-state index in [0.29, 0.717) is 18.2 Å². The number of imidazole rings is 1. The second kappa shape index (κ2) is 8.17. The average molecular weight is 380 g/mol. The summed E-state index contributed by atoms with van der Waals surface area (Å²) >= 11 is 0. The van der Waals surface area contributed by atoms with Crippen LogP contribution in [-0.4, -0.2) is 57.3 Å². The molecule has 0 aliphatic carbocycles. The van der Waals surface area contributed by atoms with Gasteiger partial charge in [0.2, 0.25) is 5.91 Å². The summed E-state index contributed by atoms with van der Waals surface area (Å²) in [5.74, 6) is 0.176. The highest BCUT2D eigenvalue weighted by molar-refractivity contribution is 5.94. The van der Waals surface area contributed by atoms with Gasteiger partial charge in [-0.1, -0.05) is 17.7 Å². The molecule has 1 aromatic carbocycles. The normalized spacial score (nSPS) is 21.0. The van der Waals surface area contributed by atoms with Crippen molar-refractivity contribution in [2.75, 3.05) is 26.2 Å². The van der Waals surface area contributed by atoms with Gasteiger partial charge in [0, 0.05) is 50.2 Å². The highest BCUT2D eigenvalue weighted by atomic mass is 16.2. The quantitative estimate of drug-likeness (QED) is 0.823. The zero-order chi connectivity index (χ0) is 19.5. The Morgan fingerprint density at radius 3 is 2.43 bits per heavy atom. The van der Waals surface area contributed by atoms with Gasteiger partial charge < -0.3 is 14.4 Å². The van der Waals surface area contributed by atoms with Crippen molar-refractivity contribution < 1.29 is 9.59 Å². The maximum Gasteiger partial charge on any atom is 0.253 e. The van der Waals surface area contributed by atoms with E-state index < -0.39 is 0 Å². The number of hydrogen-bond acceptors (Lipinski definition) is 3. The van der Waals surface area contributed by atoms with Crippen molar-refractivity contribution >= 4 is 11.8 Å². The number of carbonyl (C=O) groups is 2. The third-order valence-electron chi connectivity index (χ3n) is 6.08. The summed E-state index contributed by atoms with van der Waals surface area (Å²) in [6.45, 7) is 4.85. The summed E-state index contributed by atoms with van der Waals surface area (Å²) < 4.78 is 2.14. The molecule has 2 amide bonds. The van der Waals surface area contributed by atoms with Gasteiger partial charge in [0.25, 0.3) is 5.91 Å². The Bertz CT molecular complexity index is 808. The smallest absolute Gasteiger partial charge is 0.253 e. The number of hydrogen-bond donors (Lipinski definition) is 0. The van der Waals surface area contributed by atoms with Crippen molar-refractivity contribution in [2.24, 2.45) is 5.92 Å². The van der Waals surface area contributed by atoms with Gasteiger partial charge in [0.1, 0.15) is 0 Å². The lowest BCUT2D eigenvalue weighted by molar-refractivity contribution is -0.138. The third-order valence-corrected chi connectivity index (χ3v) is 6.08. The van der Waals surface area contributed by atoms with E-state index in [9.17, 15) is 9.59 Å². The van der Waals surface area contributed by atoms with E-state index in [0.717, 1.165) is 50.9 Å². The Labute approximate surface area is 166 Å². The molecule has 0 bridgehead atoms. The van der Waals surface area contributed by atoms with E-state index in [-0.39, 0.29) is 17.7 Å². The number of aromatic nitrogens is 2. The van der Waals surface area contributed by atoms with Gasteiger partial charge in [-0.15, -0.1) is 0 Å². The molecule has 1 atom stereocenters. The van der Waals surface area contributed by atoms with E-state index in [4.69, 9.17) is 0 Å². The topological polar surface area (TPSA) is 58.4 Å². The van der Waals surface area contributed by atoms with Crippen molar-refractivity contribution in [1.82, 2.24) is 19.4 Å². The Morgan fingerprint density at radius 1 is 1.00 bits per heavy atom. The van der Waals surface area contributed by atoms with E-state index in [1.807, 2.05) is 53.5 Å². The fourth-order valence-corrected chi connectivity index (χ4v) is 4.37. The number of rotatable bonds is 3. The molecular formula is C22H28N4O2. The van der Waals surface area contributed by atoms with Crippen molar-refractivity contribution in [3.63, 3.8) is 0 Å². The van der Waals surface area contributed by atoms with Crippen molar-refractivity contribution in [3.8, 4) is 0 Å². The highest BCUT2D eigenvalue weighted by Crippen LogP contribution is 2.26. The molecule has 2 aromatic rings. The Hall–Kier alpha value is -2.63. The molecule has 2 aliphatic heterocycles. The van der Waals surface area contributed by atoms with Crippen LogP contribution in [0.1, 0.15) is 47.6 Å². The van der Waals surface area contributed by atoms with Gasteiger partial charge in [-0.05, 0) is 44.7 Å². The lowest BCUT2D eigenvalue weighted by Gasteiger charge is -2.38. The van der Waals surface area contributed by atoms with Crippen LogP contribution in [0.3, 0.4) is 0 Å². The number of likely N-dealkylation sites (tertiary alicyclic amines) is 2. The minimum absolute atomic E-state index is 0.0383. The first kappa shape index (κ1) is 18.7. The largest absolute Gasteiger partial charge is 0.342 e. The molecule has 28 heavy (non-hydrogen) atoms. The van der Waals surface area contributed by atoms with Crippen molar-refractivity contribution in [2.45, 2.75) is 38.6 Å². The van der Waals surface area contributed by atoms with Gasteiger partial charge in [-0.25, -0.2) is 4.98 Å². The number of amides is 2. The Kier molecular flexibility index (Phi) is 5.46. The van der Waals surface area contributed by atoms with Crippen LogP contribution < -0.4 is 0 Å². The number of piperidine rings is 2. The van der Waals surface area contributed by atoms with Crippen LogP contribution >= 0.6 is 0 Å². The molecule has 0 N–H and O–H groups in total. The van der Waals surface area contributed by atoms with Gasteiger partial charge in [0.15, 0.2) is 0 Å². The van der Waals surface area contributed by atoms with Crippen LogP contribution in [0.4, 0.5) is 0 Å². The van der Waals surface area contributed by atoms with E-state index in [2.05, 4.69) is 9.55 Å². The number of carbonyl (C=O) groups excluding carboxylic acids is 2. The molecule has 2 aliphatic rings. The molecule has 0 spiro atoms. The zero-order valence-corrected chi connectivity index (χ0v) is 16.5. The van der Waals surface area contributed by atoms with Crippen molar-refractivity contribution in [1.29, 1.82) is 0 Å². The van der Waals surface area contributed by atoms with E-state index >= 15 is 0 Å². The monoisotopic (exact) mass is 380 g/mol. The molecule has 4 rings (SSSR count). The summed E-state index contributed by atoms with van der Waals surface area (Å²) in [6, 6.07) is 8.11. The lowest BCUT2D eigenvalue weighted by Crippen LogP contribution is -2.48.